The van der Waals surface area contributed by atoms with E-state index in [9.17, 15) is 9.90 Å². The first kappa shape index (κ1) is 16.2. The molecule has 0 radical (unpaired) electrons. The van der Waals surface area contributed by atoms with E-state index in [1.807, 2.05) is 20.8 Å². The van der Waals surface area contributed by atoms with Crippen LogP contribution in [0.15, 0.2) is 0 Å². The molecule has 3 atom stereocenters. The maximum absolute atomic E-state index is 11.8. The quantitative estimate of drug-likeness (QED) is 0.688. The Kier molecular flexibility index (Phi) is 6.07. The van der Waals surface area contributed by atoms with Gasteiger partial charge in [-0.1, -0.05) is 13.8 Å². The van der Waals surface area contributed by atoms with Gasteiger partial charge in [0.05, 0.1) is 18.2 Å². The Morgan fingerprint density at radius 2 is 2.16 bits per heavy atom. The lowest BCUT2D eigenvalue weighted by molar-refractivity contribution is 0.0855. The van der Waals surface area contributed by atoms with E-state index < -0.39 is 0 Å². The molecule has 2 amide bonds. The van der Waals surface area contributed by atoms with Crippen molar-refractivity contribution in [2.75, 3.05) is 13.2 Å². The molecular weight excluding hydrogens is 244 g/mol. The average molecular weight is 272 g/mol. The molecule has 1 fully saturated rings. The van der Waals surface area contributed by atoms with Crippen LogP contribution < -0.4 is 10.6 Å². The third kappa shape index (κ3) is 6.25. The average Bonchev–Trinajstić information content (AvgIpc) is 2.78. The van der Waals surface area contributed by atoms with Crippen LogP contribution in [0.2, 0.25) is 0 Å². The van der Waals surface area contributed by atoms with Crippen molar-refractivity contribution in [2.24, 2.45) is 5.41 Å². The van der Waals surface area contributed by atoms with Crippen LogP contribution in [0.5, 0.6) is 0 Å². The van der Waals surface area contributed by atoms with Crippen molar-refractivity contribution in [3.8, 4) is 0 Å². The summed E-state index contributed by atoms with van der Waals surface area (Å²) in [5.41, 5.74) is -0.112. The van der Waals surface area contributed by atoms with Crippen LogP contribution >= 0.6 is 0 Å². The first-order valence-corrected chi connectivity index (χ1v) is 7.14. The van der Waals surface area contributed by atoms with Crippen molar-refractivity contribution in [3.05, 3.63) is 0 Å². The fourth-order valence-corrected chi connectivity index (χ4v) is 2.54. The molecular formula is C14H28N2O3. The summed E-state index contributed by atoms with van der Waals surface area (Å²) < 4.78 is 5.54. The van der Waals surface area contributed by atoms with E-state index in [1.54, 1.807) is 6.92 Å². The van der Waals surface area contributed by atoms with Gasteiger partial charge in [-0.2, -0.15) is 0 Å². The second-order valence-corrected chi connectivity index (χ2v) is 6.38. The SMILES string of the molecule is CC(O)CC(C)(C)CNC(=O)NC(C)C1CCCO1. The molecule has 3 unspecified atom stereocenters. The number of aliphatic hydroxyl groups is 1. The van der Waals surface area contributed by atoms with Gasteiger partial charge in [0, 0.05) is 13.2 Å². The molecule has 0 aromatic rings. The first-order valence-electron chi connectivity index (χ1n) is 7.14. The third-order valence-corrected chi connectivity index (χ3v) is 3.46. The Morgan fingerprint density at radius 1 is 1.47 bits per heavy atom. The molecule has 3 N–H and O–H groups in total. The minimum Gasteiger partial charge on any atom is -0.393 e. The Morgan fingerprint density at radius 3 is 2.68 bits per heavy atom. The molecule has 0 aromatic carbocycles. The Balaban J connectivity index is 2.26. The number of hydrogen-bond acceptors (Lipinski definition) is 3. The van der Waals surface area contributed by atoms with Crippen molar-refractivity contribution in [2.45, 2.75) is 65.2 Å². The Hall–Kier alpha value is -0.810. The third-order valence-electron chi connectivity index (χ3n) is 3.46. The highest BCUT2D eigenvalue weighted by Gasteiger charge is 2.25. The molecule has 1 rings (SSSR count). The summed E-state index contributed by atoms with van der Waals surface area (Å²) in [5, 5.41) is 15.2. The van der Waals surface area contributed by atoms with Crippen molar-refractivity contribution in [1.29, 1.82) is 0 Å². The molecule has 0 aliphatic carbocycles. The normalized spacial score (nSPS) is 22.9. The topological polar surface area (TPSA) is 70.6 Å². The number of ether oxygens (including phenoxy) is 1. The predicted molar refractivity (Wildman–Crippen MR) is 75.0 cm³/mol. The van der Waals surface area contributed by atoms with Crippen LogP contribution in [0.3, 0.4) is 0 Å². The molecule has 0 bridgehead atoms. The summed E-state index contributed by atoms with van der Waals surface area (Å²) in [7, 11) is 0. The lowest BCUT2D eigenvalue weighted by Crippen LogP contribution is -2.48. The molecule has 5 heteroatoms. The van der Waals surface area contributed by atoms with E-state index in [1.165, 1.54) is 0 Å². The van der Waals surface area contributed by atoms with Gasteiger partial charge < -0.3 is 20.5 Å². The first-order chi connectivity index (χ1) is 8.80. The van der Waals surface area contributed by atoms with Gasteiger partial charge in [-0.15, -0.1) is 0 Å². The Labute approximate surface area is 116 Å². The Bertz CT molecular complexity index is 286. The molecule has 0 aromatic heterocycles. The molecule has 1 aliphatic heterocycles. The van der Waals surface area contributed by atoms with Crippen LogP contribution in [-0.2, 0) is 4.74 Å². The molecule has 5 nitrogen and oxygen atoms in total. The summed E-state index contributed by atoms with van der Waals surface area (Å²) in [6, 6.07) is -0.135. The van der Waals surface area contributed by atoms with Crippen LogP contribution in [0.1, 0.15) is 47.0 Å². The molecule has 1 heterocycles. The molecule has 0 saturated carbocycles. The van der Waals surface area contributed by atoms with Gasteiger partial charge in [0.15, 0.2) is 0 Å². The highest BCUT2D eigenvalue weighted by molar-refractivity contribution is 5.74. The lowest BCUT2D eigenvalue weighted by Gasteiger charge is -2.27. The van der Waals surface area contributed by atoms with Gasteiger partial charge in [0.1, 0.15) is 0 Å². The molecule has 1 aliphatic rings. The number of urea groups is 1. The van der Waals surface area contributed by atoms with Gasteiger partial charge in [0.25, 0.3) is 0 Å². The van der Waals surface area contributed by atoms with Crippen molar-refractivity contribution in [3.63, 3.8) is 0 Å². The van der Waals surface area contributed by atoms with Gasteiger partial charge in [-0.25, -0.2) is 4.79 Å². The number of amides is 2. The highest BCUT2D eigenvalue weighted by Crippen LogP contribution is 2.21. The maximum Gasteiger partial charge on any atom is 0.315 e. The fourth-order valence-electron chi connectivity index (χ4n) is 2.54. The van der Waals surface area contributed by atoms with E-state index in [0.29, 0.717) is 13.0 Å². The number of hydrogen-bond donors (Lipinski definition) is 3. The van der Waals surface area contributed by atoms with Gasteiger partial charge in [0.2, 0.25) is 0 Å². The highest BCUT2D eigenvalue weighted by atomic mass is 16.5. The summed E-state index contributed by atoms with van der Waals surface area (Å²) in [4.78, 5) is 11.8. The zero-order valence-corrected chi connectivity index (χ0v) is 12.5. The fraction of sp³-hybridized carbons (Fsp3) is 0.929. The van der Waals surface area contributed by atoms with Gasteiger partial charge >= 0.3 is 6.03 Å². The standard InChI is InChI=1S/C14H28N2O3/c1-10(17)8-14(3,4)9-15-13(18)16-11(2)12-6-5-7-19-12/h10-12,17H,5-9H2,1-4H3,(H2,15,16,18). The molecule has 112 valence electrons. The van der Waals surface area contributed by atoms with Crippen molar-refractivity contribution < 1.29 is 14.6 Å². The molecule has 19 heavy (non-hydrogen) atoms. The predicted octanol–water partition coefficient (Wildman–Crippen LogP) is 1.65. The summed E-state index contributed by atoms with van der Waals surface area (Å²) >= 11 is 0. The molecule has 0 spiro atoms. The summed E-state index contributed by atoms with van der Waals surface area (Å²) in [5.74, 6) is 0. The smallest absolute Gasteiger partial charge is 0.315 e. The largest absolute Gasteiger partial charge is 0.393 e. The van der Waals surface area contributed by atoms with E-state index in [4.69, 9.17) is 4.74 Å². The zero-order valence-electron chi connectivity index (χ0n) is 12.5. The van der Waals surface area contributed by atoms with Crippen LogP contribution in [0, 0.1) is 5.41 Å². The number of carbonyl (C=O) groups excluding carboxylic acids is 1. The summed E-state index contributed by atoms with van der Waals surface area (Å²) in [6.45, 7) is 9.13. The monoisotopic (exact) mass is 272 g/mol. The number of carbonyl (C=O) groups is 1. The zero-order chi connectivity index (χ0) is 14.5. The van der Waals surface area contributed by atoms with E-state index >= 15 is 0 Å². The van der Waals surface area contributed by atoms with E-state index in [0.717, 1.165) is 19.4 Å². The minimum absolute atomic E-state index is 0.0300. The van der Waals surface area contributed by atoms with E-state index in [2.05, 4.69) is 10.6 Å². The number of aliphatic hydroxyl groups excluding tert-OH is 1. The van der Waals surface area contributed by atoms with Crippen LogP contribution in [-0.4, -0.2) is 42.5 Å². The lowest BCUT2D eigenvalue weighted by atomic mass is 9.87. The molecule has 1 saturated heterocycles. The van der Waals surface area contributed by atoms with Crippen molar-refractivity contribution in [1.82, 2.24) is 10.6 Å². The maximum atomic E-state index is 11.8. The van der Waals surface area contributed by atoms with Gasteiger partial charge in [-0.3, -0.25) is 0 Å². The second-order valence-electron chi connectivity index (χ2n) is 6.38. The van der Waals surface area contributed by atoms with Crippen LogP contribution in [0.25, 0.3) is 0 Å². The van der Waals surface area contributed by atoms with Gasteiger partial charge in [-0.05, 0) is 38.5 Å². The van der Waals surface area contributed by atoms with Crippen LogP contribution in [0.4, 0.5) is 4.79 Å². The van der Waals surface area contributed by atoms with Crippen molar-refractivity contribution >= 4 is 6.03 Å². The minimum atomic E-state index is -0.356. The number of rotatable bonds is 6. The summed E-state index contributed by atoms with van der Waals surface area (Å²) in [6.07, 6.45) is 2.52. The number of nitrogens with one attached hydrogen (secondary N) is 2. The van der Waals surface area contributed by atoms with E-state index in [-0.39, 0.29) is 29.7 Å². The second kappa shape index (κ2) is 7.10.